The van der Waals surface area contributed by atoms with Crippen LogP contribution in [0.4, 0.5) is 4.79 Å². The molecule has 5 nitrogen and oxygen atoms in total. The number of ether oxygens (including phenoxy) is 1. The zero-order valence-electron chi connectivity index (χ0n) is 15.4. The Bertz CT molecular complexity index is 550. The van der Waals surface area contributed by atoms with E-state index in [1.807, 2.05) is 23.1 Å². The van der Waals surface area contributed by atoms with E-state index in [9.17, 15) is 4.79 Å². The predicted molar refractivity (Wildman–Crippen MR) is 99.9 cm³/mol. The van der Waals surface area contributed by atoms with Crippen LogP contribution in [-0.4, -0.2) is 54.7 Å². The Hall–Kier alpha value is -1.75. The van der Waals surface area contributed by atoms with E-state index < -0.39 is 0 Å². The highest BCUT2D eigenvalue weighted by Gasteiger charge is 2.20. The van der Waals surface area contributed by atoms with Crippen LogP contribution < -0.4 is 10.1 Å². The monoisotopic (exact) mass is 345 g/mol. The van der Waals surface area contributed by atoms with Crippen LogP contribution in [0.5, 0.6) is 5.75 Å². The summed E-state index contributed by atoms with van der Waals surface area (Å²) in [7, 11) is 0. The van der Waals surface area contributed by atoms with Gasteiger partial charge < -0.3 is 19.9 Å². The summed E-state index contributed by atoms with van der Waals surface area (Å²) in [6.07, 6.45) is 6.54. The average Bonchev–Trinajstić information content (AvgIpc) is 2.67. The quantitative estimate of drug-likeness (QED) is 0.891. The minimum absolute atomic E-state index is 0.0364. The fraction of sp³-hybridized carbons (Fsp3) is 0.650. The number of likely N-dealkylation sites (N-methyl/N-ethyl adjacent to an activating group) is 1. The summed E-state index contributed by atoms with van der Waals surface area (Å²) in [6.45, 7) is 7.33. The van der Waals surface area contributed by atoms with Crippen LogP contribution in [0.1, 0.15) is 44.6 Å². The van der Waals surface area contributed by atoms with Crippen molar-refractivity contribution in [1.82, 2.24) is 15.1 Å². The van der Waals surface area contributed by atoms with Crippen LogP contribution in [0.3, 0.4) is 0 Å². The molecule has 0 radical (unpaired) electrons. The van der Waals surface area contributed by atoms with Gasteiger partial charge in [0, 0.05) is 32.7 Å². The molecule has 138 valence electrons. The summed E-state index contributed by atoms with van der Waals surface area (Å²) < 4.78 is 6.11. The molecular formula is C20H31N3O2. The lowest BCUT2D eigenvalue weighted by Crippen LogP contribution is -2.51. The standard InChI is InChI=1S/C20H31N3O2/c1-2-22-11-13-23(14-12-22)20(24)21-16-17-7-6-10-19(15-17)25-18-8-4-3-5-9-18/h6-7,10,15,18H,2-5,8-9,11-14,16H2,1H3,(H,21,24). The molecule has 5 heteroatoms. The number of carbonyl (C=O) groups is 1. The minimum atomic E-state index is 0.0364. The van der Waals surface area contributed by atoms with Crippen molar-refractivity contribution in [2.45, 2.75) is 51.7 Å². The summed E-state index contributed by atoms with van der Waals surface area (Å²) in [5.74, 6) is 0.926. The molecule has 1 N–H and O–H groups in total. The zero-order chi connectivity index (χ0) is 17.5. The second-order valence-corrected chi connectivity index (χ2v) is 7.11. The van der Waals surface area contributed by atoms with Gasteiger partial charge in [0.1, 0.15) is 5.75 Å². The first kappa shape index (κ1) is 18.1. The van der Waals surface area contributed by atoms with Crippen LogP contribution in [-0.2, 0) is 6.54 Å². The van der Waals surface area contributed by atoms with E-state index in [0.717, 1.165) is 56.9 Å². The third-order valence-electron chi connectivity index (χ3n) is 5.30. The molecule has 1 saturated carbocycles. The fourth-order valence-electron chi connectivity index (χ4n) is 3.66. The summed E-state index contributed by atoms with van der Waals surface area (Å²) in [4.78, 5) is 16.6. The van der Waals surface area contributed by atoms with Gasteiger partial charge in [-0.25, -0.2) is 4.79 Å². The van der Waals surface area contributed by atoms with Crippen molar-refractivity contribution in [2.75, 3.05) is 32.7 Å². The lowest BCUT2D eigenvalue weighted by atomic mass is 9.98. The molecule has 1 saturated heterocycles. The largest absolute Gasteiger partial charge is 0.490 e. The molecular weight excluding hydrogens is 314 g/mol. The van der Waals surface area contributed by atoms with E-state index in [1.165, 1.54) is 19.3 Å². The van der Waals surface area contributed by atoms with E-state index in [0.29, 0.717) is 12.6 Å². The van der Waals surface area contributed by atoms with Crippen molar-refractivity contribution in [3.8, 4) is 5.75 Å². The molecule has 0 bridgehead atoms. The Morgan fingerprint density at radius 1 is 1.16 bits per heavy atom. The van der Waals surface area contributed by atoms with Crippen molar-refractivity contribution in [3.05, 3.63) is 29.8 Å². The zero-order valence-corrected chi connectivity index (χ0v) is 15.4. The number of piperazine rings is 1. The van der Waals surface area contributed by atoms with Gasteiger partial charge in [0.25, 0.3) is 0 Å². The fourth-order valence-corrected chi connectivity index (χ4v) is 3.66. The van der Waals surface area contributed by atoms with Crippen molar-refractivity contribution in [3.63, 3.8) is 0 Å². The maximum absolute atomic E-state index is 12.3. The number of urea groups is 1. The SMILES string of the molecule is CCN1CCN(C(=O)NCc2cccc(OC3CCCCC3)c2)CC1. The average molecular weight is 345 g/mol. The van der Waals surface area contributed by atoms with E-state index in [-0.39, 0.29) is 6.03 Å². The highest BCUT2D eigenvalue weighted by atomic mass is 16.5. The third-order valence-corrected chi connectivity index (χ3v) is 5.30. The number of nitrogens with one attached hydrogen (secondary N) is 1. The Balaban J connectivity index is 1.46. The van der Waals surface area contributed by atoms with Gasteiger partial charge >= 0.3 is 6.03 Å². The lowest BCUT2D eigenvalue weighted by molar-refractivity contribution is 0.142. The molecule has 0 unspecified atom stereocenters. The molecule has 0 aromatic heterocycles. The molecule has 2 fully saturated rings. The number of rotatable bonds is 5. The van der Waals surface area contributed by atoms with E-state index in [4.69, 9.17) is 4.74 Å². The van der Waals surface area contributed by atoms with Crippen molar-refractivity contribution < 1.29 is 9.53 Å². The number of amides is 2. The molecule has 3 rings (SSSR count). The predicted octanol–water partition coefficient (Wildman–Crippen LogP) is 3.25. The molecule has 0 spiro atoms. The molecule has 2 amide bonds. The first-order valence-electron chi connectivity index (χ1n) is 9.75. The molecule has 1 aromatic rings. The second-order valence-electron chi connectivity index (χ2n) is 7.11. The highest BCUT2D eigenvalue weighted by Crippen LogP contribution is 2.23. The van der Waals surface area contributed by atoms with Gasteiger partial charge in [-0.05, 0) is 49.9 Å². The molecule has 2 aliphatic rings. The molecule has 0 atom stereocenters. The molecule has 1 aliphatic carbocycles. The number of carbonyl (C=O) groups excluding carboxylic acids is 1. The van der Waals surface area contributed by atoms with Crippen LogP contribution in [0.15, 0.2) is 24.3 Å². The summed E-state index contributed by atoms with van der Waals surface area (Å²) in [5, 5.41) is 3.05. The van der Waals surface area contributed by atoms with Gasteiger partial charge in [0.15, 0.2) is 0 Å². The maximum Gasteiger partial charge on any atom is 0.317 e. The Morgan fingerprint density at radius 2 is 1.92 bits per heavy atom. The number of hydrogen-bond donors (Lipinski definition) is 1. The Morgan fingerprint density at radius 3 is 2.64 bits per heavy atom. The van der Waals surface area contributed by atoms with Crippen molar-refractivity contribution in [1.29, 1.82) is 0 Å². The van der Waals surface area contributed by atoms with Gasteiger partial charge in [0.2, 0.25) is 0 Å². The molecule has 25 heavy (non-hydrogen) atoms. The molecule has 1 heterocycles. The van der Waals surface area contributed by atoms with E-state index in [2.05, 4.69) is 23.2 Å². The van der Waals surface area contributed by atoms with Gasteiger partial charge in [-0.3, -0.25) is 0 Å². The van der Waals surface area contributed by atoms with Crippen LogP contribution in [0, 0.1) is 0 Å². The number of nitrogens with zero attached hydrogens (tertiary/aromatic N) is 2. The maximum atomic E-state index is 12.3. The highest BCUT2D eigenvalue weighted by molar-refractivity contribution is 5.74. The topological polar surface area (TPSA) is 44.8 Å². The van der Waals surface area contributed by atoms with Crippen LogP contribution in [0.2, 0.25) is 0 Å². The van der Waals surface area contributed by atoms with Gasteiger partial charge in [0.05, 0.1) is 6.10 Å². The normalized spacial score (nSPS) is 19.6. The van der Waals surface area contributed by atoms with Crippen LogP contribution >= 0.6 is 0 Å². The lowest BCUT2D eigenvalue weighted by Gasteiger charge is -2.34. The van der Waals surface area contributed by atoms with E-state index >= 15 is 0 Å². The smallest absolute Gasteiger partial charge is 0.317 e. The summed E-state index contributed by atoms with van der Waals surface area (Å²) in [6, 6.07) is 8.17. The summed E-state index contributed by atoms with van der Waals surface area (Å²) in [5.41, 5.74) is 1.09. The number of benzene rings is 1. The van der Waals surface area contributed by atoms with Crippen LogP contribution in [0.25, 0.3) is 0 Å². The van der Waals surface area contributed by atoms with Gasteiger partial charge in [-0.1, -0.05) is 25.5 Å². The van der Waals surface area contributed by atoms with Crippen molar-refractivity contribution in [2.24, 2.45) is 0 Å². The molecule has 1 aromatic carbocycles. The Kier molecular flexibility index (Phi) is 6.56. The Labute approximate surface area is 151 Å². The second kappa shape index (κ2) is 9.09. The minimum Gasteiger partial charge on any atom is -0.490 e. The van der Waals surface area contributed by atoms with Gasteiger partial charge in [-0.2, -0.15) is 0 Å². The molecule has 1 aliphatic heterocycles. The number of hydrogen-bond acceptors (Lipinski definition) is 3. The summed E-state index contributed by atoms with van der Waals surface area (Å²) >= 11 is 0. The van der Waals surface area contributed by atoms with Gasteiger partial charge in [-0.15, -0.1) is 0 Å². The van der Waals surface area contributed by atoms with Crippen molar-refractivity contribution >= 4 is 6.03 Å². The first-order valence-corrected chi connectivity index (χ1v) is 9.75. The third kappa shape index (κ3) is 5.36. The first-order chi connectivity index (χ1) is 12.2. The van der Waals surface area contributed by atoms with E-state index in [1.54, 1.807) is 0 Å².